The highest BCUT2D eigenvalue weighted by atomic mass is 79.9. The van der Waals surface area contributed by atoms with E-state index in [1.54, 1.807) is 0 Å². The van der Waals surface area contributed by atoms with Crippen LogP contribution in [-0.2, 0) is 5.60 Å². The molecule has 0 amide bonds. The number of benzene rings is 4. The molecule has 4 aromatic rings. The lowest BCUT2D eigenvalue weighted by molar-refractivity contribution is 0.130. The Morgan fingerprint density at radius 3 is 1.30 bits per heavy atom. The third-order valence-electron chi connectivity index (χ3n) is 5.86. The average Bonchev–Trinajstić information content (AvgIpc) is 2.95. The number of aliphatic hydroxyl groups is 1. The molecule has 1 aliphatic carbocycles. The van der Waals surface area contributed by atoms with Gasteiger partial charge in [-0.1, -0.05) is 95.3 Å². The molecule has 0 bridgehead atoms. The normalized spacial score (nSPS) is 13.1. The molecular weight excluding hydrogens is 604 g/mol. The van der Waals surface area contributed by atoms with E-state index in [9.17, 15) is 5.11 Å². The van der Waals surface area contributed by atoms with Gasteiger partial charge in [0.05, 0.1) is 0 Å². The molecule has 0 aromatic heterocycles. The molecule has 0 atom stereocenters. The third-order valence-corrected chi connectivity index (χ3v) is 7.30. The predicted octanol–water partition coefficient (Wildman–Crippen LogP) is 9.16. The van der Waals surface area contributed by atoms with Gasteiger partial charge in [-0.2, -0.15) is 0 Å². The highest BCUT2D eigenvalue weighted by molar-refractivity contribution is 9.11. The minimum Gasteiger partial charge on any atom is -0.376 e. The molecule has 0 heterocycles. The maximum Gasteiger partial charge on any atom is 0.141 e. The lowest BCUT2D eigenvalue weighted by Crippen LogP contribution is -2.26. The molecule has 0 radical (unpaired) electrons. The van der Waals surface area contributed by atoms with E-state index in [0.29, 0.717) is 0 Å². The smallest absolute Gasteiger partial charge is 0.141 e. The molecule has 33 heavy (non-hydrogen) atoms. The molecule has 0 spiro atoms. The summed E-state index contributed by atoms with van der Waals surface area (Å²) in [5.74, 6) is 0. The molecule has 0 saturated heterocycles. The van der Waals surface area contributed by atoms with Crippen LogP contribution in [0.1, 0.15) is 38.9 Å². The number of hydrogen-bond donors (Lipinski definition) is 1. The van der Waals surface area contributed by atoms with Crippen molar-refractivity contribution in [2.75, 3.05) is 0 Å². The van der Waals surface area contributed by atoms with Crippen molar-refractivity contribution in [1.82, 2.24) is 0 Å². The van der Waals surface area contributed by atoms with Gasteiger partial charge in [0.2, 0.25) is 0 Å². The van der Waals surface area contributed by atoms with Crippen LogP contribution in [0.25, 0.3) is 11.1 Å². The van der Waals surface area contributed by atoms with Crippen molar-refractivity contribution in [2.45, 2.75) is 33.3 Å². The van der Waals surface area contributed by atoms with Crippen LogP contribution >= 0.6 is 47.8 Å². The first-order valence-electron chi connectivity index (χ1n) is 10.7. The van der Waals surface area contributed by atoms with Gasteiger partial charge in [-0.05, 0) is 91.9 Å². The van der Waals surface area contributed by atoms with E-state index in [4.69, 9.17) is 0 Å². The zero-order valence-electron chi connectivity index (χ0n) is 19.0. The summed E-state index contributed by atoms with van der Waals surface area (Å²) in [4.78, 5) is 0. The minimum atomic E-state index is -1.14. The third kappa shape index (κ3) is 4.90. The highest BCUT2D eigenvalue weighted by Crippen LogP contribution is 2.52. The van der Waals surface area contributed by atoms with Gasteiger partial charge in [-0.15, -0.1) is 0 Å². The quantitative estimate of drug-likeness (QED) is 0.223. The molecule has 0 unspecified atom stereocenters. The SMILES string of the molecule is Cc1cc(C)cc(Br)c1.Cc1cc(C)cc(C2(O)c3cc(Br)ccc3-c3ccc(Br)cc32)c1. The number of fused-ring (bicyclic) bond motifs is 3. The number of hydrogen-bond acceptors (Lipinski definition) is 1. The number of rotatable bonds is 1. The lowest BCUT2D eigenvalue weighted by atomic mass is 9.83. The summed E-state index contributed by atoms with van der Waals surface area (Å²) in [5.41, 5.74) is 8.71. The van der Waals surface area contributed by atoms with Crippen molar-refractivity contribution in [3.05, 3.63) is 125 Å². The molecule has 4 aromatic carbocycles. The largest absolute Gasteiger partial charge is 0.376 e. The van der Waals surface area contributed by atoms with Crippen molar-refractivity contribution in [3.63, 3.8) is 0 Å². The zero-order chi connectivity index (χ0) is 23.9. The maximum atomic E-state index is 11.9. The second-order valence-corrected chi connectivity index (χ2v) is 11.5. The minimum absolute atomic E-state index is 0.913. The maximum absolute atomic E-state index is 11.9. The van der Waals surface area contributed by atoms with Crippen molar-refractivity contribution < 1.29 is 5.11 Å². The Balaban J connectivity index is 0.000000243. The van der Waals surface area contributed by atoms with Crippen LogP contribution in [0, 0.1) is 27.7 Å². The summed E-state index contributed by atoms with van der Waals surface area (Å²) in [7, 11) is 0. The van der Waals surface area contributed by atoms with Crippen LogP contribution in [0.3, 0.4) is 0 Å². The van der Waals surface area contributed by atoms with Crippen molar-refractivity contribution in [3.8, 4) is 11.1 Å². The average molecular weight is 629 g/mol. The van der Waals surface area contributed by atoms with Crippen molar-refractivity contribution in [2.24, 2.45) is 0 Å². The summed E-state index contributed by atoms with van der Waals surface area (Å²) in [5, 5.41) is 11.9. The Morgan fingerprint density at radius 2 is 0.909 bits per heavy atom. The van der Waals surface area contributed by atoms with Gasteiger partial charge in [0.15, 0.2) is 0 Å². The van der Waals surface area contributed by atoms with Gasteiger partial charge >= 0.3 is 0 Å². The van der Waals surface area contributed by atoms with Crippen LogP contribution in [-0.4, -0.2) is 5.11 Å². The van der Waals surface area contributed by atoms with E-state index < -0.39 is 5.60 Å². The van der Waals surface area contributed by atoms with Gasteiger partial charge < -0.3 is 5.11 Å². The number of aryl methyl sites for hydroxylation is 4. The van der Waals surface area contributed by atoms with Gasteiger partial charge in [0, 0.05) is 24.5 Å². The van der Waals surface area contributed by atoms with E-state index in [-0.39, 0.29) is 0 Å². The fourth-order valence-corrected chi connectivity index (χ4v) is 6.10. The molecular formula is C29H25Br3O. The first-order chi connectivity index (χ1) is 15.6. The van der Waals surface area contributed by atoms with Crippen LogP contribution in [0.5, 0.6) is 0 Å². The van der Waals surface area contributed by atoms with Crippen LogP contribution in [0.15, 0.2) is 86.2 Å². The summed E-state index contributed by atoms with van der Waals surface area (Å²) in [6.07, 6.45) is 0. The zero-order valence-corrected chi connectivity index (χ0v) is 23.8. The van der Waals surface area contributed by atoms with E-state index in [2.05, 4.69) is 124 Å². The van der Waals surface area contributed by atoms with E-state index in [0.717, 1.165) is 47.9 Å². The first kappa shape index (κ1) is 24.4. The standard InChI is InChI=1S/C21H16Br2O.C8H9Br/c1-12-7-13(2)9-14(8-12)21(24)19-10-15(22)3-5-17(19)18-6-4-16(23)11-20(18)21;1-6-3-7(2)5-8(9)4-6/h3-11,24H,1-2H3;3-5H,1-2H3. The van der Waals surface area contributed by atoms with Crippen LogP contribution < -0.4 is 0 Å². The summed E-state index contributed by atoms with van der Waals surface area (Å²) >= 11 is 10.5. The summed E-state index contributed by atoms with van der Waals surface area (Å²) in [6, 6.07) is 24.9. The molecule has 168 valence electrons. The van der Waals surface area contributed by atoms with Gasteiger partial charge in [-0.25, -0.2) is 0 Å². The molecule has 0 aliphatic heterocycles. The predicted molar refractivity (Wildman–Crippen MR) is 149 cm³/mol. The van der Waals surface area contributed by atoms with E-state index in [1.165, 1.54) is 15.6 Å². The molecule has 1 N–H and O–H groups in total. The van der Waals surface area contributed by atoms with Gasteiger partial charge in [-0.3, -0.25) is 0 Å². The van der Waals surface area contributed by atoms with E-state index >= 15 is 0 Å². The Bertz CT molecular complexity index is 1240. The lowest BCUT2D eigenvalue weighted by Gasteiger charge is -2.27. The fraction of sp³-hybridized carbons (Fsp3) is 0.172. The molecule has 0 fully saturated rings. The Kier molecular flexibility index (Phi) is 7.02. The monoisotopic (exact) mass is 626 g/mol. The van der Waals surface area contributed by atoms with Gasteiger partial charge in [0.1, 0.15) is 5.60 Å². The molecule has 5 rings (SSSR count). The number of halogens is 3. The Morgan fingerprint density at radius 1 is 0.515 bits per heavy atom. The highest BCUT2D eigenvalue weighted by Gasteiger charge is 2.43. The summed E-state index contributed by atoms with van der Waals surface area (Å²) < 4.78 is 3.10. The molecule has 1 aliphatic rings. The Labute approximate surface area is 221 Å². The molecule has 4 heteroatoms. The fourth-order valence-electron chi connectivity index (χ4n) is 4.66. The van der Waals surface area contributed by atoms with Gasteiger partial charge in [0.25, 0.3) is 0 Å². The molecule has 0 saturated carbocycles. The van der Waals surface area contributed by atoms with E-state index in [1.807, 2.05) is 24.3 Å². The topological polar surface area (TPSA) is 20.2 Å². The second kappa shape index (κ2) is 9.50. The van der Waals surface area contributed by atoms with Crippen LogP contribution in [0.2, 0.25) is 0 Å². The van der Waals surface area contributed by atoms with Crippen molar-refractivity contribution >= 4 is 47.8 Å². The Hall–Kier alpha value is -1.72. The summed E-state index contributed by atoms with van der Waals surface area (Å²) in [6.45, 7) is 8.33. The van der Waals surface area contributed by atoms with Crippen LogP contribution in [0.4, 0.5) is 0 Å². The first-order valence-corrected chi connectivity index (χ1v) is 13.1. The van der Waals surface area contributed by atoms with Crippen molar-refractivity contribution in [1.29, 1.82) is 0 Å². The second-order valence-electron chi connectivity index (χ2n) is 8.77. The molecule has 1 nitrogen and oxygen atoms in total.